The maximum Gasteiger partial charge on any atom is 0.0555 e. The van der Waals surface area contributed by atoms with Gasteiger partial charge in [0.05, 0.1) is 11.7 Å². The fourth-order valence-corrected chi connectivity index (χ4v) is 3.00. The van der Waals surface area contributed by atoms with Crippen LogP contribution in [0.4, 0.5) is 0 Å². The first-order chi connectivity index (χ1) is 8.59. The van der Waals surface area contributed by atoms with Gasteiger partial charge in [0.25, 0.3) is 0 Å². The standard InChI is InChI=1S/C14H26N4/c1-11(2)15-10-12-6-5-9-17(3)14(12)13-7-8-16-18(13)4/h7-8,11-12,14-15H,5-6,9-10H2,1-4H3. The second-order valence-electron chi connectivity index (χ2n) is 5.77. The van der Waals surface area contributed by atoms with Crippen LogP contribution in [0, 0.1) is 5.92 Å². The summed E-state index contributed by atoms with van der Waals surface area (Å²) in [5, 5.41) is 7.92. The molecule has 102 valence electrons. The summed E-state index contributed by atoms with van der Waals surface area (Å²) in [6.07, 6.45) is 4.51. The van der Waals surface area contributed by atoms with E-state index < -0.39 is 0 Å². The van der Waals surface area contributed by atoms with E-state index in [-0.39, 0.29) is 0 Å². The van der Waals surface area contributed by atoms with Crippen molar-refractivity contribution < 1.29 is 0 Å². The highest BCUT2D eigenvalue weighted by atomic mass is 15.3. The summed E-state index contributed by atoms with van der Waals surface area (Å²) in [6, 6.07) is 3.22. The summed E-state index contributed by atoms with van der Waals surface area (Å²) in [7, 11) is 4.28. The third-order valence-electron chi connectivity index (χ3n) is 3.96. The van der Waals surface area contributed by atoms with Gasteiger partial charge in [0.15, 0.2) is 0 Å². The number of aromatic nitrogens is 2. The molecule has 1 aromatic heterocycles. The van der Waals surface area contributed by atoms with Gasteiger partial charge in [-0.2, -0.15) is 5.10 Å². The van der Waals surface area contributed by atoms with Gasteiger partial charge in [-0.1, -0.05) is 13.8 Å². The first kappa shape index (κ1) is 13.6. The van der Waals surface area contributed by atoms with E-state index in [9.17, 15) is 0 Å². The van der Waals surface area contributed by atoms with Crippen molar-refractivity contribution in [1.29, 1.82) is 0 Å². The van der Waals surface area contributed by atoms with Crippen molar-refractivity contribution in [3.8, 4) is 0 Å². The summed E-state index contributed by atoms with van der Waals surface area (Å²) >= 11 is 0. The molecule has 0 spiro atoms. The van der Waals surface area contributed by atoms with Gasteiger partial charge in [0, 0.05) is 25.8 Å². The minimum atomic E-state index is 0.498. The van der Waals surface area contributed by atoms with E-state index in [2.05, 4.69) is 42.3 Å². The lowest BCUT2D eigenvalue weighted by atomic mass is 9.87. The van der Waals surface area contributed by atoms with Crippen LogP contribution in [0.1, 0.15) is 38.4 Å². The Bertz CT molecular complexity index is 372. The largest absolute Gasteiger partial charge is 0.314 e. The highest BCUT2D eigenvalue weighted by Crippen LogP contribution is 2.34. The Labute approximate surface area is 110 Å². The topological polar surface area (TPSA) is 33.1 Å². The van der Waals surface area contributed by atoms with Crippen molar-refractivity contribution in [2.45, 2.75) is 38.8 Å². The van der Waals surface area contributed by atoms with E-state index in [1.165, 1.54) is 25.1 Å². The van der Waals surface area contributed by atoms with Gasteiger partial charge >= 0.3 is 0 Å². The maximum atomic E-state index is 4.33. The van der Waals surface area contributed by atoms with E-state index in [1.807, 2.05) is 17.9 Å². The number of piperidine rings is 1. The van der Waals surface area contributed by atoms with Gasteiger partial charge in [-0.3, -0.25) is 9.58 Å². The van der Waals surface area contributed by atoms with Crippen LogP contribution in [-0.4, -0.2) is 40.9 Å². The molecule has 0 radical (unpaired) electrons. The molecular weight excluding hydrogens is 224 g/mol. The molecular formula is C14H26N4. The summed E-state index contributed by atoms with van der Waals surface area (Å²) in [6.45, 7) is 6.71. The van der Waals surface area contributed by atoms with Gasteiger partial charge in [0.1, 0.15) is 0 Å². The minimum Gasteiger partial charge on any atom is -0.314 e. The molecule has 2 heterocycles. The van der Waals surface area contributed by atoms with Gasteiger partial charge in [0.2, 0.25) is 0 Å². The number of aryl methyl sites for hydroxylation is 1. The highest BCUT2D eigenvalue weighted by molar-refractivity contribution is 5.10. The molecule has 1 saturated heterocycles. The summed E-state index contributed by atoms with van der Waals surface area (Å²) in [4.78, 5) is 2.48. The summed E-state index contributed by atoms with van der Waals surface area (Å²) in [5.41, 5.74) is 1.34. The van der Waals surface area contributed by atoms with Crippen molar-refractivity contribution in [3.63, 3.8) is 0 Å². The Morgan fingerprint density at radius 2 is 2.22 bits per heavy atom. The molecule has 0 aromatic carbocycles. The van der Waals surface area contributed by atoms with Crippen molar-refractivity contribution in [2.24, 2.45) is 13.0 Å². The van der Waals surface area contributed by atoms with Crippen LogP contribution in [0.25, 0.3) is 0 Å². The summed E-state index contributed by atoms with van der Waals surface area (Å²) in [5.74, 6) is 0.682. The van der Waals surface area contributed by atoms with E-state index in [0.29, 0.717) is 18.0 Å². The predicted molar refractivity (Wildman–Crippen MR) is 74.4 cm³/mol. The molecule has 0 bridgehead atoms. The normalized spacial score (nSPS) is 25.8. The molecule has 1 aromatic rings. The zero-order valence-corrected chi connectivity index (χ0v) is 12.1. The smallest absolute Gasteiger partial charge is 0.0555 e. The van der Waals surface area contributed by atoms with E-state index in [0.717, 1.165) is 6.54 Å². The average Bonchev–Trinajstić information content (AvgIpc) is 2.72. The Kier molecular flexibility index (Phi) is 4.40. The number of hydrogen-bond donors (Lipinski definition) is 1. The van der Waals surface area contributed by atoms with E-state index in [1.54, 1.807) is 0 Å². The Balaban J connectivity index is 2.13. The van der Waals surface area contributed by atoms with Gasteiger partial charge in [-0.15, -0.1) is 0 Å². The van der Waals surface area contributed by atoms with Crippen LogP contribution >= 0.6 is 0 Å². The fourth-order valence-electron chi connectivity index (χ4n) is 3.00. The molecule has 4 nitrogen and oxygen atoms in total. The van der Waals surface area contributed by atoms with Crippen LogP contribution in [0.5, 0.6) is 0 Å². The van der Waals surface area contributed by atoms with Crippen LogP contribution < -0.4 is 5.32 Å². The lowest BCUT2D eigenvalue weighted by Crippen LogP contribution is -2.42. The molecule has 1 fully saturated rings. The van der Waals surface area contributed by atoms with E-state index in [4.69, 9.17) is 0 Å². The summed E-state index contributed by atoms with van der Waals surface area (Å²) < 4.78 is 2.02. The van der Waals surface area contributed by atoms with Crippen molar-refractivity contribution in [1.82, 2.24) is 20.0 Å². The molecule has 1 N–H and O–H groups in total. The zero-order chi connectivity index (χ0) is 13.1. The second kappa shape index (κ2) is 5.85. The molecule has 2 rings (SSSR count). The minimum absolute atomic E-state index is 0.498. The van der Waals surface area contributed by atoms with Gasteiger partial charge in [-0.25, -0.2) is 0 Å². The third kappa shape index (κ3) is 2.93. The molecule has 2 atom stereocenters. The predicted octanol–water partition coefficient (Wildman–Crippen LogP) is 1.80. The lowest BCUT2D eigenvalue weighted by Gasteiger charge is -2.39. The molecule has 1 aliphatic heterocycles. The molecule has 4 heteroatoms. The fraction of sp³-hybridized carbons (Fsp3) is 0.786. The van der Waals surface area contributed by atoms with Crippen LogP contribution in [-0.2, 0) is 7.05 Å². The number of nitrogens with zero attached hydrogens (tertiary/aromatic N) is 3. The molecule has 0 amide bonds. The number of likely N-dealkylation sites (tertiary alicyclic amines) is 1. The first-order valence-electron chi connectivity index (χ1n) is 7.01. The van der Waals surface area contributed by atoms with Gasteiger partial charge in [-0.05, 0) is 38.4 Å². The number of rotatable bonds is 4. The highest BCUT2D eigenvalue weighted by Gasteiger charge is 2.32. The number of nitrogens with one attached hydrogen (secondary N) is 1. The van der Waals surface area contributed by atoms with Crippen molar-refractivity contribution >= 4 is 0 Å². The Morgan fingerprint density at radius 3 is 2.83 bits per heavy atom. The first-order valence-corrected chi connectivity index (χ1v) is 7.01. The zero-order valence-electron chi connectivity index (χ0n) is 12.1. The quantitative estimate of drug-likeness (QED) is 0.884. The molecule has 0 saturated carbocycles. The second-order valence-corrected chi connectivity index (χ2v) is 5.77. The average molecular weight is 250 g/mol. The van der Waals surface area contributed by atoms with E-state index >= 15 is 0 Å². The third-order valence-corrected chi connectivity index (χ3v) is 3.96. The lowest BCUT2D eigenvalue weighted by molar-refractivity contribution is 0.111. The van der Waals surface area contributed by atoms with Crippen LogP contribution in [0.15, 0.2) is 12.3 Å². The van der Waals surface area contributed by atoms with Crippen molar-refractivity contribution in [2.75, 3.05) is 20.1 Å². The maximum absolute atomic E-state index is 4.33. The molecule has 18 heavy (non-hydrogen) atoms. The SMILES string of the molecule is CC(C)NCC1CCCN(C)C1c1ccnn1C. The van der Waals surface area contributed by atoms with Crippen LogP contribution in [0.3, 0.4) is 0 Å². The Morgan fingerprint density at radius 1 is 1.44 bits per heavy atom. The Hall–Kier alpha value is -0.870. The van der Waals surface area contributed by atoms with Crippen LogP contribution in [0.2, 0.25) is 0 Å². The van der Waals surface area contributed by atoms with Crippen molar-refractivity contribution in [3.05, 3.63) is 18.0 Å². The molecule has 2 unspecified atom stereocenters. The monoisotopic (exact) mass is 250 g/mol. The van der Waals surface area contributed by atoms with Gasteiger partial charge < -0.3 is 5.32 Å². The molecule has 0 aliphatic carbocycles. The molecule has 1 aliphatic rings. The number of hydrogen-bond acceptors (Lipinski definition) is 3.